The highest BCUT2D eigenvalue weighted by Crippen LogP contribution is 2.46. The number of pyridine rings is 1. The number of benzene rings is 7. The van der Waals surface area contributed by atoms with E-state index in [2.05, 4.69) is 133 Å². The van der Waals surface area contributed by atoms with Crippen LogP contribution in [0.4, 0.5) is 0 Å². The van der Waals surface area contributed by atoms with Crippen molar-refractivity contribution in [2.75, 3.05) is 0 Å². The van der Waals surface area contributed by atoms with Crippen molar-refractivity contribution in [3.8, 4) is 45.2 Å². The molecule has 5 heteroatoms. The molecule has 52 heavy (non-hydrogen) atoms. The Bertz CT molecular complexity index is 3180. The van der Waals surface area contributed by atoms with Gasteiger partial charge in [-0.25, -0.2) is 15.0 Å². The normalized spacial score (nSPS) is 11.8. The molecule has 0 bridgehead atoms. The van der Waals surface area contributed by atoms with Gasteiger partial charge in [0.15, 0.2) is 5.82 Å². The number of furan rings is 1. The van der Waals surface area contributed by atoms with Crippen LogP contribution in [0.15, 0.2) is 168 Å². The third-order valence-electron chi connectivity index (χ3n) is 10.1. The van der Waals surface area contributed by atoms with Crippen LogP contribution < -0.4 is 0 Å². The van der Waals surface area contributed by atoms with Gasteiger partial charge in [-0.05, 0) is 36.4 Å². The fourth-order valence-electron chi connectivity index (χ4n) is 7.77. The predicted octanol–water partition coefficient (Wildman–Crippen LogP) is 13.1. The first-order chi connectivity index (χ1) is 25.8. The Labute approximate surface area is 302 Å². The molecule has 0 unspecified atom stereocenters. The molecule has 7 aromatic carbocycles. The van der Waals surface area contributed by atoms with Crippen LogP contribution in [0, 0.1) is 0 Å². The fraction of sp³-hybridized carbons (Fsp3) is 0. The summed E-state index contributed by atoms with van der Waals surface area (Å²) in [5, 5.41) is 8.09. The molecule has 0 amide bonds. The molecule has 0 fully saturated rings. The number of aromatic nitrogens is 3. The van der Waals surface area contributed by atoms with Gasteiger partial charge >= 0.3 is 0 Å². The summed E-state index contributed by atoms with van der Waals surface area (Å²) in [6.45, 7) is 0. The number of rotatable bonds is 4. The van der Waals surface area contributed by atoms with Gasteiger partial charge in [0.05, 0.1) is 22.6 Å². The monoisotopic (exact) mass is 681 g/mol. The summed E-state index contributed by atoms with van der Waals surface area (Å²) >= 11 is 1.80. The molecule has 0 saturated heterocycles. The van der Waals surface area contributed by atoms with Crippen molar-refractivity contribution in [1.29, 1.82) is 0 Å². The van der Waals surface area contributed by atoms with Crippen molar-refractivity contribution >= 4 is 75.1 Å². The van der Waals surface area contributed by atoms with E-state index in [1.54, 1.807) is 11.3 Å². The third-order valence-corrected chi connectivity index (χ3v) is 11.3. The summed E-state index contributed by atoms with van der Waals surface area (Å²) in [5.74, 6) is 0.694. The van der Waals surface area contributed by atoms with Crippen LogP contribution in [0.2, 0.25) is 0 Å². The molecule has 11 aromatic rings. The van der Waals surface area contributed by atoms with Gasteiger partial charge in [-0.3, -0.25) is 0 Å². The number of thiophene rings is 1. The fourth-order valence-corrected chi connectivity index (χ4v) is 8.99. The van der Waals surface area contributed by atoms with Gasteiger partial charge < -0.3 is 4.42 Å². The number of para-hydroxylation sites is 2. The minimum Gasteiger partial charge on any atom is -0.456 e. The van der Waals surface area contributed by atoms with Crippen LogP contribution >= 0.6 is 11.3 Å². The highest BCUT2D eigenvalue weighted by atomic mass is 32.1. The Morgan fingerprint density at radius 2 is 1.10 bits per heavy atom. The maximum atomic E-state index is 6.29. The van der Waals surface area contributed by atoms with Crippen molar-refractivity contribution < 1.29 is 4.42 Å². The van der Waals surface area contributed by atoms with Gasteiger partial charge in [-0.15, -0.1) is 11.3 Å². The summed E-state index contributed by atoms with van der Waals surface area (Å²) in [6, 6.07) is 57.0. The van der Waals surface area contributed by atoms with E-state index < -0.39 is 0 Å². The molecule has 0 spiro atoms. The molecule has 0 saturated carbocycles. The van der Waals surface area contributed by atoms with Gasteiger partial charge in [0.1, 0.15) is 11.2 Å². The summed E-state index contributed by atoms with van der Waals surface area (Å²) in [7, 11) is 0. The second kappa shape index (κ2) is 11.4. The van der Waals surface area contributed by atoms with Crippen molar-refractivity contribution in [3.63, 3.8) is 0 Å². The van der Waals surface area contributed by atoms with E-state index in [9.17, 15) is 0 Å². The van der Waals surface area contributed by atoms with E-state index in [4.69, 9.17) is 19.4 Å². The second-order valence-electron chi connectivity index (χ2n) is 13.1. The lowest BCUT2D eigenvalue weighted by Crippen LogP contribution is -1.96. The molecule has 0 radical (unpaired) electrons. The topological polar surface area (TPSA) is 51.8 Å². The first kappa shape index (κ1) is 29.1. The van der Waals surface area contributed by atoms with Gasteiger partial charge in [0.2, 0.25) is 0 Å². The van der Waals surface area contributed by atoms with Crippen molar-refractivity contribution in [3.05, 3.63) is 164 Å². The van der Waals surface area contributed by atoms with E-state index in [-0.39, 0.29) is 0 Å². The summed E-state index contributed by atoms with van der Waals surface area (Å²) in [5.41, 5.74) is 9.60. The molecule has 0 aliphatic rings. The second-order valence-corrected chi connectivity index (χ2v) is 14.1. The number of hydrogen-bond donors (Lipinski definition) is 0. The lowest BCUT2D eigenvalue weighted by Gasteiger charge is -2.12. The standard InChI is InChI=1S/C47H27N3OS/c1-3-13-28(14-4-1)37-27-38(31-19-12-24-40-42(31)32-18-8-10-23-39(32)51-40)50-47(49-37)35-21-11-20-34-44-41(52-46(34)35)26-25-33-43(44)30-17-7-9-22-36(30)48-45(33)29-15-5-2-6-16-29/h1-27H. The van der Waals surface area contributed by atoms with Crippen LogP contribution in [0.25, 0.3) is 109 Å². The van der Waals surface area contributed by atoms with Crippen LogP contribution in [-0.4, -0.2) is 15.0 Å². The van der Waals surface area contributed by atoms with Crippen LogP contribution in [0.5, 0.6) is 0 Å². The Balaban J connectivity index is 1.21. The first-order valence-corrected chi connectivity index (χ1v) is 18.2. The predicted molar refractivity (Wildman–Crippen MR) is 217 cm³/mol. The molecule has 242 valence electrons. The average molecular weight is 682 g/mol. The highest BCUT2D eigenvalue weighted by Gasteiger charge is 2.21. The Morgan fingerprint density at radius 3 is 1.96 bits per heavy atom. The Kier molecular flexibility index (Phi) is 6.39. The largest absolute Gasteiger partial charge is 0.456 e. The SMILES string of the molecule is c1ccc(-c2cc(-c3cccc4oc5ccccc5c34)nc(-c3cccc4c3sc3ccc5c(-c6ccccc6)nc6ccccc6c5c34)n2)cc1. The highest BCUT2D eigenvalue weighted by molar-refractivity contribution is 7.26. The van der Waals surface area contributed by atoms with Gasteiger partial charge in [-0.1, -0.05) is 127 Å². The zero-order valence-electron chi connectivity index (χ0n) is 27.7. The Morgan fingerprint density at radius 1 is 0.423 bits per heavy atom. The van der Waals surface area contributed by atoms with Crippen LogP contribution in [-0.2, 0) is 0 Å². The molecular weight excluding hydrogens is 655 g/mol. The molecular formula is C47H27N3OS. The van der Waals surface area contributed by atoms with Crippen LogP contribution in [0.1, 0.15) is 0 Å². The maximum Gasteiger partial charge on any atom is 0.161 e. The van der Waals surface area contributed by atoms with Gasteiger partial charge in [0.25, 0.3) is 0 Å². The number of nitrogens with zero attached hydrogens (tertiary/aromatic N) is 3. The van der Waals surface area contributed by atoms with E-state index in [1.165, 1.54) is 20.9 Å². The van der Waals surface area contributed by atoms with Gasteiger partial charge in [-0.2, -0.15) is 0 Å². The zero-order chi connectivity index (χ0) is 34.2. The lowest BCUT2D eigenvalue weighted by molar-refractivity contribution is 0.669. The Hall–Kier alpha value is -6.69. The van der Waals surface area contributed by atoms with Gasteiger partial charge in [0, 0.05) is 69.4 Å². The summed E-state index contributed by atoms with van der Waals surface area (Å²) in [6.07, 6.45) is 0. The average Bonchev–Trinajstić information content (AvgIpc) is 3.80. The van der Waals surface area contributed by atoms with E-state index in [0.29, 0.717) is 5.82 Å². The van der Waals surface area contributed by atoms with E-state index in [0.717, 1.165) is 82.3 Å². The van der Waals surface area contributed by atoms with E-state index >= 15 is 0 Å². The summed E-state index contributed by atoms with van der Waals surface area (Å²) in [4.78, 5) is 15.8. The minimum atomic E-state index is 0.694. The minimum absolute atomic E-state index is 0.694. The maximum absolute atomic E-state index is 6.29. The summed E-state index contributed by atoms with van der Waals surface area (Å²) < 4.78 is 8.68. The lowest BCUT2D eigenvalue weighted by atomic mass is 9.96. The third kappa shape index (κ3) is 4.43. The number of hydrogen-bond acceptors (Lipinski definition) is 5. The van der Waals surface area contributed by atoms with Crippen LogP contribution in [0.3, 0.4) is 0 Å². The molecule has 0 atom stereocenters. The first-order valence-electron chi connectivity index (χ1n) is 17.4. The molecule has 11 rings (SSSR count). The van der Waals surface area contributed by atoms with Crippen molar-refractivity contribution in [2.24, 2.45) is 0 Å². The van der Waals surface area contributed by atoms with E-state index in [1.807, 2.05) is 30.3 Å². The molecule has 4 heterocycles. The smallest absolute Gasteiger partial charge is 0.161 e. The quantitative estimate of drug-likeness (QED) is 0.174. The molecule has 0 aliphatic carbocycles. The zero-order valence-corrected chi connectivity index (χ0v) is 28.6. The molecule has 0 aliphatic heterocycles. The molecule has 4 aromatic heterocycles. The molecule has 0 N–H and O–H groups in total. The van der Waals surface area contributed by atoms with Crippen molar-refractivity contribution in [1.82, 2.24) is 15.0 Å². The number of fused-ring (bicyclic) bond motifs is 10. The molecule has 4 nitrogen and oxygen atoms in total. The van der Waals surface area contributed by atoms with Crippen molar-refractivity contribution in [2.45, 2.75) is 0 Å².